The van der Waals surface area contributed by atoms with Crippen LogP contribution in [0.5, 0.6) is 0 Å². The van der Waals surface area contributed by atoms with E-state index in [1.165, 1.54) is 19.3 Å². The van der Waals surface area contributed by atoms with Gasteiger partial charge in [-0.25, -0.2) is 0 Å². The smallest absolute Gasteiger partial charge is 0.239 e. The number of likely N-dealkylation sites (tertiary alicyclic amines) is 1. The lowest BCUT2D eigenvalue weighted by atomic mass is 10.1. The van der Waals surface area contributed by atoms with Crippen LogP contribution < -0.4 is 5.32 Å². The van der Waals surface area contributed by atoms with E-state index in [1.54, 1.807) is 0 Å². The zero-order valence-corrected chi connectivity index (χ0v) is 11.5. The van der Waals surface area contributed by atoms with Gasteiger partial charge in [-0.05, 0) is 59.8 Å². The van der Waals surface area contributed by atoms with Gasteiger partial charge in [0, 0.05) is 13.1 Å². The lowest BCUT2D eigenvalue weighted by molar-refractivity contribution is -0.136. The molecule has 1 N–H and O–H groups in total. The Morgan fingerprint density at radius 1 is 1.35 bits per heavy atom. The van der Waals surface area contributed by atoms with Crippen molar-refractivity contribution in [3.63, 3.8) is 0 Å². The lowest BCUT2D eigenvalue weighted by Gasteiger charge is -2.32. The van der Waals surface area contributed by atoms with Crippen molar-refractivity contribution in [3.05, 3.63) is 0 Å². The predicted molar refractivity (Wildman–Crippen MR) is 71.1 cm³/mol. The highest BCUT2D eigenvalue weighted by atomic mass is 16.2. The van der Waals surface area contributed by atoms with E-state index in [2.05, 4.69) is 10.2 Å². The Kier molecular flexibility index (Phi) is 6.52. The van der Waals surface area contributed by atoms with Crippen molar-refractivity contribution in [2.24, 2.45) is 0 Å². The van der Waals surface area contributed by atoms with Gasteiger partial charge >= 0.3 is 0 Å². The van der Waals surface area contributed by atoms with Gasteiger partial charge in [0.15, 0.2) is 0 Å². The van der Waals surface area contributed by atoms with Crippen LogP contribution >= 0.6 is 0 Å². The van der Waals surface area contributed by atoms with Crippen LogP contribution in [0.1, 0.15) is 32.6 Å². The predicted octanol–water partition coefficient (Wildman–Crippen LogP) is 0.929. The third-order valence-corrected chi connectivity index (χ3v) is 3.62. The van der Waals surface area contributed by atoms with Crippen molar-refractivity contribution < 1.29 is 4.79 Å². The van der Waals surface area contributed by atoms with Crippen LogP contribution in [0.15, 0.2) is 0 Å². The van der Waals surface area contributed by atoms with Gasteiger partial charge in [-0.2, -0.15) is 0 Å². The second kappa shape index (κ2) is 7.67. The second-order valence-electron chi connectivity index (χ2n) is 5.00. The summed E-state index contributed by atoms with van der Waals surface area (Å²) in [6, 6.07) is 0.0185. The first-order chi connectivity index (χ1) is 8.16. The molecule has 1 rings (SSSR count). The molecule has 1 aliphatic rings. The number of carbonyl (C=O) groups excluding carboxylic acids is 1. The zero-order chi connectivity index (χ0) is 12.7. The Morgan fingerprint density at radius 2 is 2.00 bits per heavy atom. The zero-order valence-electron chi connectivity index (χ0n) is 11.5. The highest BCUT2D eigenvalue weighted by Crippen LogP contribution is 2.11. The van der Waals surface area contributed by atoms with E-state index in [4.69, 9.17) is 0 Å². The van der Waals surface area contributed by atoms with Crippen LogP contribution in [0.2, 0.25) is 0 Å². The van der Waals surface area contributed by atoms with Gasteiger partial charge < -0.3 is 10.2 Å². The molecule has 0 aromatic heterocycles. The summed E-state index contributed by atoms with van der Waals surface area (Å²) in [5.41, 5.74) is 0. The Bertz CT molecular complexity index is 227. The number of amides is 1. The fourth-order valence-electron chi connectivity index (χ4n) is 2.27. The second-order valence-corrected chi connectivity index (χ2v) is 5.00. The number of hydrogen-bond donors (Lipinski definition) is 1. The van der Waals surface area contributed by atoms with Gasteiger partial charge in [0.25, 0.3) is 0 Å². The Balaban J connectivity index is 2.33. The van der Waals surface area contributed by atoms with E-state index < -0.39 is 0 Å². The molecule has 100 valence electrons. The third kappa shape index (κ3) is 4.64. The maximum Gasteiger partial charge on any atom is 0.239 e. The average Bonchev–Trinajstić information content (AvgIpc) is 2.38. The first-order valence-electron chi connectivity index (χ1n) is 6.80. The molecule has 1 amide bonds. The van der Waals surface area contributed by atoms with Crippen LogP contribution in [0.3, 0.4) is 0 Å². The van der Waals surface area contributed by atoms with E-state index in [0.29, 0.717) is 5.91 Å². The Morgan fingerprint density at radius 3 is 2.59 bits per heavy atom. The Labute approximate surface area is 105 Å². The summed E-state index contributed by atoms with van der Waals surface area (Å²) in [6.07, 6.45) is 4.70. The minimum atomic E-state index is 0.0185. The standard InChI is InChI=1S/C13H27N3O/c1-12(15(3)9-7-8-14-2)13(17)16-10-5-4-6-11-16/h12,14H,4-11H2,1-3H3. The first-order valence-corrected chi connectivity index (χ1v) is 6.80. The summed E-state index contributed by atoms with van der Waals surface area (Å²) < 4.78 is 0. The molecule has 0 spiro atoms. The SMILES string of the molecule is CNCCCN(C)C(C)C(=O)N1CCCCC1. The van der Waals surface area contributed by atoms with Gasteiger partial charge in [-0.3, -0.25) is 9.69 Å². The minimum absolute atomic E-state index is 0.0185. The summed E-state index contributed by atoms with van der Waals surface area (Å²) >= 11 is 0. The molecule has 4 nitrogen and oxygen atoms in total. The summed E-state index contributed by atoms with van der Waals surface area (Å²) in [5, 5.41) is 3.13. The number of hydrogen-bond acceptors (Lipinski definition) is 3. The monoisotopic (exact) mass is 241 g/mol. The molecule has 0 saturated carbocycles. The highest BCUT2D eigenvalue weighted by molar-refractivity contribution is 5.81. The van der Waals surface area contributed by atoms with Crippen LogP contribution in [-0.2, 0) is 4.79 Å². The molecular weight excluding hydrogens is 214 g/mol. The molecule has 0 bridgehead atoms. The van der Waals surface area contributed by atoms with Crippen molar-refractivity contribution in [1.82, 2.24) is 15.1 Å². The minimum Gasteiger partial charge on any atom is -0.341 e. The fraction of sp³-hybridized carbons (Fsp3) is 0.923. The third-order valence-electron chi connectivity index (χ3n) is 3.62. The topological polar surface area (TPSA) is 35.6 Å². The number of carbonyl (C=O) groups is 1. The molecule has 1 saturated heterocycles. The molecule has 0 aliphatic carbocycles. The van der Waals surface area contributed by atoms with E-state index in [9.17, 15) is 4.79 Å². The van der Waals surface area contributed by atoms with Crippen LogP contribution in [0.4, 0.5) is 0 Å². The average molecular weight is 241 g/mol. The van der Waals surface area contributed by atoms with Gasteiger partial charge in [0.1, 0.15) is 0 Å². The molecular formula is C13H27N3O. The number of nitrogens with one attached hydrogen (secondary N) is 1. The molecule has 4 heteroatoms. The van der Waals surface area contributed by atoms with Gasteiger partial charge in [0.05, 0.1) is 6.04 Å². The van der Waals surface area contributed by atoms with Crippen molar-refractivity contribution in [3.8, 4) is 0 Å². The largest absolute Gasteiger partial charge is 0.341 e. The maximum atomic E-state index is 12.2. The van der Waals surface area contributed by atoms with E-state index in [0.717, 1.165) is 32.6 Å². The van der Waals surface area contributed by atoms with Crippen LogP contribution in [0.25, 0.3) is 0 Å². The molecule has 1 heterocycles. The van der Waals surface area contributed by atoms with E-state index in [-0.39, 0.29) is 6.04 Å². The summed E-state index contributed by atoms with van der Waals surface area (Å²) in [4.78, 5) is 16.4. The number of piperidine rings is 1. The van der Waals surface area contributed by atoms with Crippen molar-refractivity contribution in [2.75, 3.05) is 40.3 Å². The van der Waals surface area contributed by atoms with Crippen molar-refractivity contribution >= 4 is 5.91 Å². The maximum absolute atomic E-state index is 12.2. The highest BCUT2D eigenvalue weighted by Gasteiger charge is 2.24. The normalized spacial score (nSPS) is 18.5. The number of nitrogens with zero attached hydrogens (tertiary/aromatic N) is 2. The molecule has 1 unspecified atom stereocenters. The molecule has 0 radical (unpaired) electrons. The molecule has 0 aromatic carbocycles. The Hall–Kier alpha value is -0.610. The van der Waals surface area contributed by atoms with Crippen molar-refractivity contribution in [1.29, 1.82) is 0 Å². The summed E-state index contributed by atoms with van der Waals surface area (Å²) in [5.74, 6) is 0.302. The fourth-order valence-corrected chi connectivity index (χ4v) is 2.27. The summed E-state index contributed by atoms with van der Waals surface area (Å²) in [6.45, 7) is 5.91. The van der Waals surface area contributed by atoms with Crippen LogP contribution in [0, 0.1) is 0 Å². The van der Waals surface area contributed by atoms with Gasteiger partial charge in [0.2, 0.25) is 5.91 Å². The van der Waals surface area contributed by atoms with Gasteiger partial charge in [-0.1, -0.05) is 0 Å². The molecule has 1 atom stereocenters. The molecule has 1 fully saturated rings. The van der Waals surface area contributed by atoms with Gasteiger partial charge in [-0.15, -0.1) is 0 Å². The molecule has 17 heavy (non-hydrogen) atoms. The first kappa shape index (κ1) is 14.5. The number of likely N-dealkylation sites (N-methyl/N-ethyl adjacent to an activating group) is 1. The number of rotatable bonds is 6. The summed E-state index contributed by atoms with van der Waals surface area (Å²) in [7, 11) is 4.00. The quantitative estimate of drug-likeness (QED) is 0.703. The lowest BCUT2D eigenvalue weighted by Crippen LogP contribution is -2.47. The molecule has 1 aliphatic heterocycles. The van der Waals surface area contributed by atoms with Crippen LogP contribution in [-0.4, -0.2) is 62.0 Å². The van der Waals surface area contributed by atoms with E-state index >= 15 is 0 Å². The van der Waals surface area contributed by atoms with Crippen molar-refractivity contribution in [2.45, 2.75) is 38.6 Å². The molecule has 0 aromatic rings. The van der Waals surface area contributed by atoms with E-state index in [1.807, 2.05) is 25.9 Å².